The Balaban J connectivity index is 2.07. The van der Waals surface area contributed by atoms with Crippen LogP contribution in [0, 0.1) is 5.92 Å². The van der Waals surface area contributed by atoms with Crippen LogP contribution in [-0.4, -0.2) is 28.2 Å². The summed E-state index contributed by atoms with van der Waals surface area (Å²) in [7, 11) is 0. The van der Waals surface area contributed by atoms with Crippen molar-refractivity contribution in [2.24, 2.45) is 5.92 Å². The standard InChI is InChI=1S/C8H6F3N3O5/c9-8(10,11)2-1-18-7(12-2)13-4(15)3-5(16)14-19-6(3)17/h1,3,5,14,16H,(H,12,13,15). The van der Waals surface area contributed by atoms with Crippen molar-refractivity contribution in [2.45, 2.75) is 12.4 Å². The van der Waals surface area contributed by atoms with Crippen LogP contribution in [-0.2, 0) is 20.6 Å². The van der Waals surface area contributed by atoms with E-state index in [1.165, 1.54) is 0 Å². The first-order chi connectivity index (χ1) is 8.79. The number of nitrogens with one attached hydrogen (secondary N) is 2. The summed E-state index contributed by atoms with van der Waals surface area (Å²) in [6, 6.07) is -0.746. The molecule has 19 heavy (non-hydrogen) atoms. The monoisotopic (exact) mass is 281 g/mol. The highest BCUT2D eigenvalue weighted by Crippen LogP contribution is 2.29. The van der Waals surface area contributed by atoms with Gasteiger partial charge in [-0.3, -0.25) is 10.1 Å². The molecule has 1 saturated heterocycles. The fourth-order valence-corrected chi connectivity index (χ4v) is 1.27. The Morgan fingerprint density at radius 3 is 2.68 bits per heavy atom. The molecule has 0 spiro atoms. The third kappa shape index (κ3) is 2.66. The summed E-state index contributed by atoms with van der Waals surface area (Å²) in [6.07, 6.45) is -6.03. The number of carbonyl (C=O) groups excluding carboxylic acids is 2. The first kappa shape index (κ1) is 13.3. The smallest absolute Gasteiger partial charge is 0.431 e. The van der Waals surface area contributed by atoms with Crippen molar-refractivity contribution in [3.8, 4) is 0 Å². The Bertz CT molecular complexity index is 514. The molecule has 2 heterocycles. The molecule has 0 aliphatic carbocycles. The normalized spacial score (nSPS) is 23.3. The third-order valence-electron chi connectivity index (χ3n) is 2.16. The highest BCUT2D eigenvalue weighted by atomic mass is 19.4. The first-order valence-electron chi connectivity index (χ1n) is 4.77. The number of amides is 1. The van der Waals surface area contributed by atoms with Crippen molar-refractivity contribution in [2.75, 3.05) is 5.32 Å². The Kier molecular flexibility index (Phi) is 3.16. The zero-order chi connectivity index (χ0) is 14.2. The summed E-state index contributed by atoms with van der Waals surface area (Å²) in [5.41, 5.74) is 0.492. The lowest BCUT2D eigenvalue weighted by molar-refractivity contribution is -0.147. The summed E-state index contributed by atoms with van der Waals surface area (Å²) in [4.78, 5) is 29.7. The van der Waals surface area contributed by atoms with Crippen LogP contribution in [0.5, 0.6) is 0 Å². The van der Waals surface area contributed by atoms with E-state index in [-0.39, 0.29) is 0 Å². The molecular formula is C8H6F3N3O5. The van der Waals surface area contributed by atoms with Crippen LogP contribution in [0.3, 0.4) is 0 Å². The minimum atomic E-state index is -4.72. The Morgan fingerprint density at radius 1 is 1.53 bits per heavy atom. The number of hydrogen-bond donors (Lipinski definition) is 3. The van der Waals surface area contributed by atoms with Gasteiger partial charge in [-0.1, -0.05) is 0 Å². The summed E-state index contributed by atoms with van der Waals surface area (Å²) in [5, 5.41) is 11.0. The molecule has 11 heteroatoms. The van der Waals surface area contributed by atoms with E-state index in [0.29, 0.717) is 6.26 Å². The molecule has 1 aliphatic rings. The zero-order valence-electron chi connectivity index (χ0n) is 8.89. The second-order valence-electron chi connectivity index (χ2n) is 3.49. The van der Waals surface area contributed by atoms with E-state index in [0.717, 1.165) is 0 Å². The van der Waals surface area contributed by atoms with Gasteiger partial charge in [-0.2, -0.15) is 18.2 Å². The third-order valence-corrected chi connectivity index (χ3v) is 2.16. The molecule has 1 fully saturated rings. The van der Waals surface area contributed by atoms with Gasteiger partial charge in [0.2, 0.25) is 5.91 Å². The van der Waals surface area contributed by atoms with E-state index in [4.69, 9.17) is 0 Å². The van der Waals surface area contributed by atoms with E-state index in [1.807, 2.05) is 10.8 Å². The van der Waals surface area contributed by atoms with Gasteiger partial charge < -0.3 is 14.4 Å². The van der Waals surface area contributed by atoms with E-state index >= 15 is 0 Å². The van der Waals surface area contributed by atoms with Gasteiger partial charge in [-0.15, -0.1) is 5.48 Å². The number of carbonyl (C=O) groups is 2. The van der Waals surface area contributed by atoms with Gasteiger partial charge in [0.1, 0.15) is 6.26 Å². The van der Waals surface area contributed by atoms with Gasteiger partial charge in [0.05, 0.1) is 0 Å². The van der Waals surface area contributed by atoms with Crippen LogP contribution in [0.2, 0.25) is 0 Å². The average molecular weight is 281 g/mol. The molecule has 1 aliphatic heterocycles. The van der Waals surface area contributed by atoms with Crippen molar-refractivity contribution in [1.29, 1.82) is 0 Å². The summed E-state index contributed by atoms with van der Waals surface area (Å²) >= 11 is 0. The Labute approximate surface area is 102 Å². The van der Waals surface area contributed by atoms with Crippen LogP contribution < -0.4 is 10.8 Å². The molecule has 3 N–H and O–H groups in total. The van der Waals surface area contributed by atoms with Crippen molar-refractivity contribution in [3.05, 3.63) is 12.0 Å². The summed E-state index contributed by atoms with van der Waals surface area (Å²) in [6.45, 7) is 0. The maximum absolute atomic E-state index is 12.2. The second-order valence-corrected chi connectivity index (χ2v) is 3.49. The SMILES string of the molecule is O=C(Nc1nc(C(F)(F)F)co1)C1C(=O)ONC1O. The maximum atomic E-state index is 12.2. The maximum Gasteiger partial charge on any atom is 0.436 e. The van der Waals surface area contributed by atoms with Gasteiger partial charge in [-0.05, 0) is 0 Å². The molecule has 0 saturated carbocycles. The van der Waals surface area contributed by atoms with Crippen LogP contribution in [0.25, 0.3) is 0 Å². The molecule has 0 aromatic carbocycles. The molecule has 1 amide bonds. The number of aromatic nitrogens is 1. The van der Waals surface area contributed by atoms with Gasteiger partial charge in [0.15, 0.2) is 17.8 Å². The number of hydroxylamine groups is 1. The second kappa shape index (κ2) is 4.51. The highest BCUT2D eigenvalue weighted by Gasteiger charge is 2.42. The first-order valence-corrected chi connectivity index (χ1v) is 4.77. The Morgan fingerprint density at radius 2 is 2.21 bits per heavy atom. The van der Waals surface area contributed by atoms with Gasteiger partial charge in [0, 0.05) is 0 Å². The van der Waals surface area contributed by atoms with Crippen molar-refractivity contribution < 1.29 is 37.1 Å². The van der Waals surface area contributed by atoms with Gasteiger partial charge >= 0.3 is 18.2 Å². The number of aliphatic hydroxyl groups is 1. The quantitative estimate of drug-likeness (QED) is 0.633. The average Bonchev–Trinajstić information content (AvgIpc) is 2.85. The van der Waals surface area contributed by atoms with E-state index in [2.05, 4.69) is 14.2 Å². The molecule has 2 unspecified atom stereocenters. The number of anilines is 1. The number of aliphatic hydroxyl groups excluding tert-OH is 1. The van der Waals surface area contributed by atoms with Crippen molar-refractivity contribution >= 4 is 17.9 Å². The lowest BCUT2D eigenvalue weighted by atomic mass is 10.1. The minimum absolute atomic E-state index is 0.303. The topological polar surface area (TPSA) is 114 Å². The van der Waals surface area contributed by atoms with Crippen molar-refractivity contribution in [1.82, 2.24) is 10.5 Å². The van der Waals surface area contributed by atoms with E-state index in [9.17, 15) is 27.9 Å². The van der Waals surface area contributed by atoms with Crippen LogP contribution in [0.4, 0.5) is 19.2 Å². The molecule has 104 valence electrons. The zero-order valence-corrected chi connectivity index (χ0v) is 8.89. The number of alkyl halides is 3. The largest absolute Gasteiger partial charge is 0.436 e. The number of halogens is 3. The van der Waals surface area contributed by atoms with E-state index < -0.39 is 41.9 Å². The number of oxazole rings is 1. The van der Waals surface area contributed by atoms with Crippen LogP contribution in [0.1, 0.15) is 5.69 Å². The van der Waals surface area contributed by atoms with Crippen LogP contribution in [0.15, 0.2) is 10.7 Å². The van der Waals surface area contributed by atoms with Crippen molar-refractivity contribution in [3.63, 3.8) is 0 Å². The predicted molar refractivity (Wildman–Crippen MR) is 48.9 cm³/mol. The Hall–Kier alpha value is -2.14. The summed E-state index contributed by atoms with van der Waals surface area (Å²) < 4.78 is 41.0. The minimum Gasteiger partial charge on any atom is -0.431 e. The molecule has 0 bridgehead atoms. The fourth-order valence-electron chi connectivity index (χ4n) is 1.27. The van der Waals surface area contributed by atoms with Gasteiger partial charge in [0.25, 0.3) is 0 Å². The lowest BCUT2D eigenvalue weighted by Gasteiger charge is -2.07. The molecule has 2 rings (SSSR count). The molecule has 1 aromatic rings. The molecule has 1 aromatic heterocycles. The number of rotatable bonds is 2. The van der Waals surface area contributed by atoms with E-state index in [1.54, 1.807) is 0 Å². The van der Waals surface area contributed by atoms with Gasteiger partial charge in [-0.25, -0.2) is 4.79 Å². The predicted octanol–water partition coefficient (Wildman–Crippen LogP) is -0.372. The number of hydrogen-bond acceptors (Lipinski definition) is 7. The summed E-state index contributed by atoms with van der Waals surface area (Å²) in [5.74, 6) is -3.81. The fraction of sp³-hybridized carbons (Fsp3) is 0.375. The molecule has 0 radical (unpaired) electrons. The van der Waals surface area contributed by atoms with Crippen LogP contribution >= 0.6 is 0 Å². The molecule has 2 atom stereocenters. The highest BCUT2D eigenvalue weighted by molar-refractivity contribution is 6.05. The molecule has 8 nitrogen and oxygen atoms in total. The lowest BCUT2D eigenvalue weighted by Crippen LogP contribution is -2.36. The molecular weight excluding hydrogens is 275 g/mol. The number of nitrogens with zero attached hydrogens (tertiary/aromatic N) is 1.